The molecular weight excluding hydrogens is 342 g/mol. The lowest BCUT2D eigenvalue weighted by Gasteiger charge is -2.21. The summed E-state index contributed by atoms with van der Waals surface area (Å²) in [6.07, 6.45) is 1.14. The zero-order valence-electron chi connectivity index (χ0n) is 16.9. The Kier molecular flexibility index (Phi) is 8.39. The van der Waals surface area contributed by atoms with Crippen LogP contribution in [0.2, 0.25) is 0 Å². The van der Waals surface area contributed by atoms with Crippen LogP contribution < -0.4 is 16.0 Å². The van der Waals surface area contributed by atoms with E-state index in [1.54, 1.807) is 7.11 Å². The molecule has 7 nitrogen and oxygen atoms in total. The lowest BCUT2D eigenvalue weighted by molar-refractivity contribution is 0.157. The van der Waals surface area contributed by atoms with Crippen molar-refractivity contribution in [2.45, 2.75) is 39.8 Å². The molecule has 0 aromatic heterocycles. The Morgan fingerprint density at radius 3 is 2.70 bits per heavy atom. The molecule has 150 valence electrons. The van der Waals surface area contributed by atoms with Crippen LogP contribution in [0.3, 0.4) is 0 Å². The van der Waals surface area contributed by atoms with Crippen molar-refractivity contribution in [3.63, 3.8) is 0 Å². The maximum atomic E-state index is 11.7. The molecule has 1 atom stereocenters. The fraction of sp³-hybridized carbons (Fsp3) is 0.600. The van der Waals surface area contributed by atoms with Gasteiger partial charge in [0.15, 0.2) is 5.96 Å². The number of aliphatic imine (C=N–C) groups is 1. The van der Waals surface area contributed by atoms with E-state index < -0.39 is 0 Å². The Morgan fingerprint density at radius 1 is 1.33 bits per heavy atom. The third-order valence-electron chi connectivity index (χ3n) is 4.37. The average Bonchev–Trinajstić information content (AvgIpc) is 3.08. The molecule has 1 unspecified atom stereocenters. The van der Waals surface area contributed by atoms with E-state index in [4.69, 9.17) is 9.73 Å². The van der Waals surface area contributed by atoms with Gasteiger partial charge in [-0.3, -0.25) is 0 Å². The van der Waals surface area contributed by atoms with E-state index in [9.17, 15) is 4.79 Å². The van der Waals surface area contributed by atoms with Crippen molar-refractivity contribution in [2.24, 2.45) is 10.9 Å². The molecule has 27 heavy (non-hydrogen) atoms. The molecule has 0 bridgehead atoms. The Morgan fingerprint density at radius 2 is 2.07 bits per heavy atom. The molecule has 0 radical (unpaired) electrons. The number of hydrogen-bond donors (Lipinski definition) is 3. The number of guanidine groups is 1. The van der Waals surface area contributed by atoms with Crippen molar-refractivity contribution in [2.75, 3.05) is 38.7 Å². The standard InChI is InChI=1S/C20H33N5O2/c1-5-21-19(25-11-10-17(13-25)14-27-4)22-12-16-6-8-18(9-7-16)24-20(26)23-15(2)3/h6-9,15,17H,5,10-14H2,1-4H3,(H,21,22)(H2,23,24,26). The zero-order chi connectivity index (χ0) is 19.6. The number of carbonyl (C=O) groups is 1. The molecule has 0 aliphatic carbocycles. The van der Waals surface area contributed by atoms with Gasteiger partial charge in [-0.25, -0.2) is 9.79 Å². The van der Waals surface area contributed by atoms with Crippen molar-refractivity contribution in [3.8, 4) is 0 Å². The summed E-state index contributed by atoms with van der Waals surface area (Å²) in [6.45, 7) is 10.2. The number of methoxy groups -OCH3 is 1. The molecule has 1 aliphatic rings. The first-order chi connectivity index (χ1) is 13.0. The van der Waals surface area contributed by atoms with Crippen molar-refractivity contribution < 1.29 is 9.53 Å². The smallest absolute Gasteiger partial charge is 0.319 e. The molecule has 2 rings (SSSR count). The van der Waals surface area contributed by atoms with E-state index in [-0.39, 0.29) is 12.1 Å². The summed E-state index contributed by atoms with van der Waals surface area (Å²) in [5.41, 5.74) is 1.88. The molecule has 1 fully saturated rings. The molecule has 3 N–H and O–H groups in total. The first kappa shape index (κ1) is 21.0. The lowest BCUT2D eigenvalue weighted by Crippen LogP contribution is -2.40. The number of carbonyl (C=O) groups excluding carboxylic acids is 1. The van der Waals surface area contributed by atoms with Crippen molar-refractivity contribution in [1.29, 1.82) is 0 Å². The maximum absolute atomic E-state index is 11.7. The molecule has 1 aliphatic heterocycles. The van der Waals surface area contributed by atoms with E-state index in [2.05, 4.69) is 27.8 Å². The molecular formula is C20H33N5O2. The number of likely N-dealkylation sites (tertiary alicyclic amines) is 1. The van der Waals surface area contributed by atoms with E-state index >= 15 is 0 Å². The Balaban J connectivity index is 1.92. The van der Waals surface area contributed by atoms with Gasteiger partial charge in [0.25, 0.3) is 0 Å². The fourth-order valence-corrected chi connectivity index (χ4v) is 3.11. The first-order valence-corrected chi connectivity index (χ1v) is 9.70. The van der Waals surface area contributed by atoms with Gasteiger partial charge in [-0.1, -0.05) is 12.1 Å². The van der Waals surface area contributed by atoms with Crippen LogP contribution in [0.15, 0.2) is 29.3 Å². The number of urea groups is 1. The Hall–Kier alpha value is -2.28. The van der Waals surface area contributed by atoms with Gasteiger partial charge in [-0.2, -0.15) is 0 Å². The highest BCUT2D eigenvalue weighted by molar-refractivity contribution is 5.89. The second-order valence-electron chi connectivity index (χ2n) is 7.18. The molecule has 1 heterocycles. The molecule has 0 spiro atoms. The number of amides is 2. The van der Waals surface area contributed by atoms with Gasteiger partial charge in [-0.05, 0) is 44.9 Å². The third-order valence-corrected chi connectivity index (χ3v) is 4.37. The van der Waals surface area contributed by atoms with E-state index in [0.29, 0.717) is 12.5 Å². The van der Waals surface area contributed by atoms with Crippen LogP contribution in [0.1, 0.15) is 32.8 Å². The van der Waals surface area contributed by atoms with E-state index in [0.717, 1.165) is 49.9 Å². The lowest BCUT2D eigenvalue weighted by atomic mass is 10.1. The number of hydrogen-bond acceptors (Lipinski definition) is 3. The minimum Gasteiger partial charge on any atom is -0.384 e. The predicted octanol–water partition coefficient (Wildman–Crippen LogP) is 2.65. The molecule has 7 heteroatoms. The molecule has 1 saturated heterocycles. The van der Waals surface area contributed by atoms with Gasteiger partial charge < -0.3 is 25.6 Å². The van der Waals surface area contributed by atoms with E-state index in [1.807, 2.05) is 38.1 Å². The predicted molar refractivity (Wildman–Crippen MR) is 110 cm³/mol. The van der Waals surface area contributed by atoms with Crippen LogP contribution in [0.5, 0.6) is 0 Å². The van der Waals surface area contributed by atoms with Crippen molar-refractivity contribution in [1.82, 2.24) is 15.5 Å². The number of rotatable bonds is 7. The minimum atomic E-state index is -0.190. The summed E-state index contributed by atoms with van der Waals surface area (Å²) in [4.78, 5) is 18.8. The summed E-state index contributed by atoms with van der Waals surface area (Å²) < 4.78 is 5.28. The summed E-state index contributed by atoms with van der Waals surface area (Å²) in [5, 5.41) is 9.02. The van der Waals surface area contributed by atoms with Gasteiger partial charge in [0.05, 0.1) is 13.2 Å². The third kappa shape index (κ3) is 7.09. The summed E-state index contributed by atoms with van der Waals surface area (Å²) in [5.74, 6) is 1.52. The first-order valence-electron chi connectivity index (χ1n) is 9.70. The highest BCUT2D eigenvalue weighted by atomic mass is 16.5. The van der Waals surface area contributed by atoms with Gasteiger partial charge in [0, 0.05) is 44.4 Å². The number of benzene rings is 1. The quantitative estimate of drug-likeness (QED) is 0.506. The van der Waals surface area contributed by atoms with E-state index in [1.165, 1.54) is 0 Å². The SMILES string of the molecule is CCNC(=NCc1ccc(NC(=O)NC(C)C)cc1)N1CCC(COC)C1. The second-order valence-corrected chi connectivity index (χ2v) is 7.18. The Labute approximate surface area is 162 Å². The monoisotopic (exact) mass is 375 g/mol. The molecule has 1 aromatic carbocycles. The van der Waals surface area contributed by atoms with Crippen LogP contribution >= 0.6 is 0 Å². The summed E-state index contributed by atoms with van der Waals surface area (Å²) in [6, 6.07) is 7.72. The van der Waals surface area contributed by atoms with Gasteiger partial charge in [0.1, 0.15) is 0 Å². The summed E-state index contributed by atoms with van der Waals surface area (Å²) in [7, 11) is 1.76. The molecule has 1 aromatic rings. The molecule has 0 saturated carbocycles. The van der Waals surface area contributed by atoms with Crippen LogP contribution in [-0.2, 0) is 11.3 Å². The highest BCUT2D eigenvalue weighted by Gasteiger charge is 2.24. The van der Waals surface area contributed by atoms with Gasteiger partial charge >= 0.3 is 6.03 Å². The Bertz CT molecular complexity index is 615. The average molecular weight is 376 g/mol. The fourth-order valence-electron chi connectivity index (χ4n) is 3.11. The topological polar surface area (TPSA) is 78.0 Å². The number of nitrogens with one attached hydrogen (secondary N) is 3. The van der Waals surface area contributed by atoms with Crippen LogP contribution in [-0.4, -0.2) is 56.3 Å². The second kappa shape index (κ2) is 10.8. The maximum Gasteiger partial charge on any atom is 0.319 e. The van der Waals surface area contributed by atoms with Crippen molar-refractivity contribution >= 4 is 17.7 Å². The van der Waals surface area contributed by atoms with Gasteiger partial charge in [0.2, 0.25) is 0 Å². The number of anilines is 1. The molecule has 2 amide bonds. The number of ether oxygens (including phenoxy) is 1. The zero-order valence-corrected chi connectivity index (χ0v) is 16.9. The van der Waals surface area contributed by atoms with Crippen LogP contribution in [0, 0.1) is 5.92 Å². The minimum absolute atomic E-state index is 0.108. The number of nitrogens with zero attached hydrogens (tertiary/aromatic N) is 2. The van der Waals surface area contributed by atoms with Gasteiger partial charge in [-0.15, -0.1) is 0 Å². The summed E-state index contributed by atoms with van der Waals surface area (Å²) >= 11 is 0. The van der Waals surface area contributed by atoms with Crippen LogP contribution in [0.4, 0.5) is 10.5 Å². The normalized spacial score (nSPS) is 17.3. The van der Waals surface area contributed by atoms with Crippen molar-refractivity contribution in [3.05, 3.63) is 29.8 Å². The van der Waals surface area contributed by atoms with Crippen LogP contribution in [0.25, 0.3) is 0 Å². The highest BCUT2D eigenvalue weighted by Crippen LogP contribution is 2.17. The largest absolute Gasteiger partial charge is 0.384 e.